The molecule has 1 aromatic rings. The topological polar surface area (TPSA) is 26.0 Å². The second-order valence-electron chi connectivity index (χ2n) is 4.84. The predicted molar refractivity (Wildman–Crippen MR) is 64.8 cm³/mol. The van der Waals surface area contributed by atoms with Crippen LogP contribution in [0.2, 0.25) is 0 Å². The average molecular weight is 203 g/mol. The molecule has 0 aliphatic heterocycles. The first-order chi connectivity index (χ1) is 7.22. The van der Waals surface area contributed by atoms with Crippen LogP contribution in [0.4, 0.5) is 0 Å². The van der Waals surface area contributed by atoms with Gasteiger partial charge in [0.2, 0.25) is 0 Å². The van der Waals surface area contributed by atoms with E-state index in [4.69, 9.17) is 5.73 Å². The molecule has 2 atom stereocenters. The molecule has 82 valence electrons. The Morgan fingerprint density at radius 1 is 1.20 bits per heavy atom. The minimum Gasteiger partial charge on any atom is -0.324 e. The van der Waals surface area contributed by atoms with Crippen molar-refractivity contribution >= 4 is 0 Å². The minimum atomic E-state index is 0.274. The Kier molecular flexibility index (Phi) is 3.11. The van der Waals surface area contributed by atoms with Gasteiger partial charge in [0, 0.05) is 6.04 Å². The Morgan fingerprint density at radius 2 is 1.73 bits per heavy atom. The van der Waals surface area contributed by atoms with Crippen LogP contribution in [0.5, 0.6) is 0 Å². The summed E-state index contributed by atoms with van der Waals surface area (Å²) in [5, 5.41) is 0. The van der Waals surface area contributed by atoms with E-state index in [0.717, 1.165) is 5.92 Å². The Hall–Kier alpha value is -0.820. The van der Waals surface area contributed by atoms with Crippen LogP contribution in [0.15, 0.2) is 24.3 Å². The van der Waals surface area contributed by atoms with E-state index in [0.29, 0.717) is 5.92 Å². The molecule has 1 heteroatoms. The largest absolute Gasteiger partial charge is 0.324 e. The molecular weight excluding hydrogens is 182 g/mol. The highest BCUT2D eigenvalue weighted by Gasteiger charge is 2.29. The van der Waals surface area contributed by atoms with E-state index in [2.05, 4.69) is 38.1 Å². The SMILES string of the molecule is CCC(C)c1ccc(C(N)C2CC2)cc1. The van der Waals surface area contributed by atoms with Crippen molar-refractivity contribution in [2.75, 3.05) is 0 Å². The molecule has 0 aromatic heterocycles. The van der Waals surface area contributed by atoms with Crippen molar-refractivity contribution < 1.29 is 0 Å². The Labute approximate surface area is 92.7 Å². The maximum atomic E-state index is 6.16. The Balaban J connectivity index is 2.09. The van der Waals surface area contributed by atoms with Gasteiger partial charge in [-0.1, -0.05) is 38.1 Å². The fraction of sp³-hybridized carbons (Fsp3) is 0.571. The summed E-state index contributed by atoms with van der Waals surface area (Å²) in [6, 6.07) is 9.18. The van der Waals surface area contributed by atoms with Crippen LogP contribution in [0.3, 0.4) is 0 Å². The van der Waals surface area contributed by atoms with Crippen molar-refractivity contribution in [3.8, 4) is 0 Å². The zero-order valence-electron chi connectivity index (χ0n) is 9.74. The smallest absolute Gasteiger partial charge is 0.0323 e. The monoisotopic (exact) mass is 203 g/mol. The highest BCUT2D eigenvalue weighted by Crippen LogP contribution is 2.39. The van der Waals surface area contributed by atoms with Gasteiger partial charge in [-0.15, -0.1) is 0 Å². The molecule has 1 aliphatic rings. The molecule has 1 saturated carbocycles. The molecule has 0 heterocycles. The van der Waals surface area contributed by atoms with E-state index in [1.165, 1.54) is 30.4 Å². The maximum Gasteiger partial charge on any atom is 0.0323 e. The first kappa shape index (κ1) is 10.7. The van der Waals surface area contributed by atoms with Crippen molar-refractivity contribution in [1.29, 1.82) is 0 Å². The molecule has 0 spiro atoms. The summed E-state index contributed by atoms with van der Waals surface area (Å²) < 4.78 is 0. The normalized spacial score (nSPS) is 19.9. The van der Waals surface area contributed by atoms with Crippen molar-refractivity contribution in [3.63, 3.8) is 0 Å². The summed E-state index contributed by atoms with van der Waals surface area (Å²) in [5.41, 5.74) is 8.90. The lowest BCUT2D eigenvalue weighted by Gasteiger charge is -2.13. The molecule has 0 bridgehead atoms. The maximum absolute atomic E-state index is 6.16. The highest BCUT2D eigenvalue weighted by atomic mass is 14.7. The van der Waals surface area contributed by atoms with Crippen molar-refractivity contribution in [3.05, 3.63) is 35.4 Å². The van der Waals surface area contributed by atoms with E-state index in [1.54, 1.807) is 0 Å². The molecule has 15 heavy (non-hydrogen) atoms. The summed E-state index contributed by atoms with van der Waals surface area (Å²) in [6.45, 7) is 4.50. The van der Waals surface area contributed by atoms with Crippen LogP contribution in [0.1, 0.15) is 56.2 Å². The van der Waals surface area contributed by atoms with Crippen LogP contribution in [-0.2, 0) is 0 Å². The van der Waals surface area contributed by atoms with Gasteiger partial charge < -0.3 is 5.73 Å². The van der Waals surface area contributed by atoms with Gasteiger partial charge in [0.15, 0.2) is 0 Å². The second kappa shape index (κ2) is 4.36. The standard InChI is InChI=1S/C14H21N/c1-3-10(2)11-4-6-12(7-5-11)14(15)13-8-9-13/h4-7,10,13-14H,3,8-9,15H2,1-2H3. The van der Waals surface area contributed by atoms with E-state index in [1.807, 2.05) is 0 Å². The first-order valence-corrected chi connectivity index (χ1v) is 6.07. The first-order valence-electron chi connectivity index (χ1n) is 6.07. The highest BCUT2D eigenvalue weighted by molar-refractivity contribution is 5.27. The van der Waals surface area contributed by atoms with Gasteiger partial charge in [0.1, 0.15) is 0 Å². The van der Waals surface area contributed by atoms with Gasteiger partial charge >= 0.3 is 0 Å². The molecule has 1 aliphatic carbocycles. The summed E-state index contributed by atoms with van der Waals surface area (Å²) in [5.74, 6) is 1.41. The molecule has 0 saturated heterocycles. The van der Waals surface area contributed by atoms with Gasteiger partial charge in [-0.05, 0) is 42.2 Å². The van der Waals surface area contributed by atoms with E-state index >= 15 is 0 Å². The lowest BCUT2D eigenvalue weighted by atomic mass is 9.95. The van der Waals surface area contributed by atoms with Crippen LogP contribution in [0, 0.1) is 5.92 Å². The third kappa shape index (κ3) is 2.40. The van der Waals surface area contributed by atoms with Gasteiger partial charge in [-0.3, -0.25) is 0 Å². The Morgan fingerprint density at radius 3 is 2.20 bits per heavy atom. The third-order valence-corrected chi connectivity index (χ3v) is 3.63. The van der Waals surface area contributed by atoms with Gasteiger partial charge in [-0.2, -0.15) is 0 Å². The van der Waals surface area contributed by atoms with Crippen LogP contribution in [-0.4, -0.2) is 0 Å². The molecule has 0 amide bonds. The Bertz CT molecular complexity index is 311. The number of hydrogen-bond donors (Lipinski definition) is 1. The van der Waals surface area contributed by atoms with Gasteiger partial charge in [0.05, 0.1) is 0 Å². The summed E-state index contributed by atoms with van der Waals surface area (Å²) in [6.07, 6.45) is 3.83. The van der Waals surface area contributed by atoms with Crippen LogP contribution < -0.4 is 5.73 Å². The average Bonchev–Trinajstić information content (AvgIpc) is 3.11. The number of nitrogens with two attached hydrogens (primary N) is 1. The van der Waals surface area contributed by atoms with Crippen molar-refractivity contribution in [2.24, 2.45) is 11.7 Å². The molecule has 2 unspecified atom stereocenters. The zero-order chi connectivity index (χ0) is 10.8. The van der Waals surface area contributed by atoms with Crippen molar-refractivity contribution in [1.82, 2.24) is 0 Å². The lowest BCUT2D eigenvalue weighted by Crippen LogP contribution is -2.12. The quantitative estimate of drug-likeness (QED) is 0.794. The summed E-state index contributed by atoms with van der Waals surface area (Å²) in [7, 11) is 0. The summed E-state index contributed by atoms with van der Waals surface area (Å²) >= 11 is 0. The lowest BCUT2D eigenvalue weighted by molar-refractivity contribution is 0.632. The number of hydrogen-bond acceptors (Lipinski definition) is 1. The van der Waals surface area contributed by atoms with Gasteiger partial charge in [-0.25, -0.2) is 0 Å². The predicted octanol–water partition coefficient (Wildman–Crippen LogP) is 3.61. The number of rotatable bonds is 4. The molecule has 1 nitrogen and oxygen atoms in total. The van der Waals surface area contributed by atoms with E-state index in [-0.39, 0.29) is 6.04 Å². The summed E-state index contributed by atoms with van der Waals surface area (Å²) in [4.78, 5) is 0. The second-order valence-corrected chi connectivity index (χ2v) is 4.84. The van der Waals surface area contributed by atoms with Crippen LogP contribution in [0.25, 0.3) is 0 Å². The van der Waals surface area contributed by atoms with Crippen LogP contribution >= 0.6 is 0 Å². The van der Waals surface area contributed by atoms with E-state index < -0.39 is 0 Å². The fourth-order valence-electron chi connectivity index (χ4n) is 2.01. The molecule has 1 aromatic carbocycles. The van der Waals surface area contributed by atoms with E-state index in [9.17, 15) is 0 Å². The number of benzene rings is 1. The molecular formula is C14H21N. The third-order valence-electron chi connectivity index (χ3n) is 3.63. The zero-order valence-corrected chi connectivity index (χ0v) is 9.74. The molecule has 1 fully saturated rings. The molecule has 2 rings (SSSR count). The fourth-order valence-corrected chi connectivity index (χ4v) is 2.01. The molecule has 0 radical (unpaired) electrons. The minimum absolute atomic E-state index is 0.274. The molecule has 2 N–H and O–H groups in total. The van der Waals surface area contributed by atoms with Crippen molar-refractivity contribution in [2.45, 2.75) is 45.1 Å². The van der Waals surface area contributed by atoms with Gasteiger partial charge in [0.25, 0.3) is 0 Å².